The Morgan fingerprint density at radius 1 is 1.07 bits per heavy atom. The Morgan fingerprint density at radius 2 is 1.79 bits per heavy atom. The second-order valence-corrected chi connectivity index (χ2v) is 3.35. The van der Waals surface area contributed by atoms with Crippen molar-refractivity contribution in [1.82, 2.24) is 0 Å². The molecule has 0 heterocycles. The smallest absolute Gasteiger partial charge is 0.131 e. The lowest BCUT2D eigenvalue weighted by Crippen LogP contribution is -1.82. The first-order valence-corrected chi connectivity index (χ1v) is 4.57. The van der Waals surface area contributed by atoms with Crippen molar-refractivity contribution in [2.24, 2.45) is 0 Å². The Balaban J connectivity index is 2.50. The minimum absolute atomic E-state index is 0.269. The van der Waals surface area contributed by atoms with Crippen LogP contribution < -0.4 is 0 Å². The van der Waals surface area contributed by atoms with Crippen molar-refractivity contribution in [3.63, 3.8) is 0 Å². The van der Waals surface area contributed by atoms with Crippen molar-refractivity contribution < 1.29 is 4.39 Å². The minimum Gasteiger partial charge on any atom is -0.206 e. The maximum atomic E-state index is 13.3. The summed E-state index contributed by atoms with van der Waals surface area (Å²) in [7, 11) is 0. The quantitative estimate of drug-likeness (QED) is 0.662. The van der Waals surface area contributed by atoms with Crippen LogP contribution in [0.1, 0.15) is 0 Å². The van der Waals surface area contributed by atoms with Gasteiger partial charge in [-0.3, -0.25) is 0 Å². The van der Waals surface area contributed by atoms with E-state index in [1.807, 2.05) is 0 Å². The number of hydrogen-bond acceptors (Lipinski definition) is 0. The Kier molecular flexibility index (Phi) is 2.51. The molecule has 0 aliphatic carbocycles. The summed E-state index contributed by atoms with van der Waals surface area (Å²) < 4.78 is 13.3. The second kappa shape index (κ2) is 3.81. The molecule has 0 unspecified atom stereocenters. The van der Waals surface area contributed by atoms with E-state index in [1.54, 1.807) is 36.4 Å². The molecule has 0 aliphatic heterocycles. The molecule has 2 rings (SSSR count). The summed E-state index contributed by atoms with van der Waals surface area (Å²) in [5.74, 6) is -0.269. The van der Waals surface area contributed by atoms with E-state index in [0.29, 0.717) is 10.6 Å². The van der Waals surface area contributed by atoms with Gasteiger partial charge in [-0.2, -0.15) is 0 Å². The van der Waals surface area contributed by atoms with Gasteiger partial charge in [0.25, 0.3) is 0 Å². The molecule has 2 aromatic rings. The third-order valence-corrected chi connectivity index (χ3v) is 2.22. The SMILES string of the molecule is Fc1c[c]ccc1-c1ccc(Cl)cc1. The summed E-state index contributed by atoms with van der Waals surface area (Å²) in [5, 5.41) is 0.650. The molecule has 0 N–H and O–H groups in total. The van der Waals surface area contributed by atoms with E-state index in [1.165, 1.54) is 6.07 Å². The van der Waals surface area contributed by atoms with Crippen LogP contribution in [0, 0.1) is 11.9 Å². The van der Waals surface area contributed by atoms with Gasteiger partial charge >= 0.3 is 0 Å². The van der Waals surface area contributed by atoms with Gasteiger partial charge in [0, 0.05) is 10.6 Å². The Morgan fingerprint density at radius 3 is 2.43 bits per heavy atom. The van der Waals surface area contributed by atoms with E-state index in [-0.39, 0.29) is 5.82 Å². The van der Waals surface area contributed by atoms with Gasteiger partial charge < -0.3 is 0 Å². The highest BCUT2D eigenvalue weighted by Crippen LogP contribution is 2.23. The molecular weight excluding hydrogens is 199 g/mol. The fourth-order valence-corrected chi connectivity index (χ4v) is 1.40. The van der Waals surface area contributed by atoms with E-state index >= 15 is 0 Å². The topological polar surface area (TPSA) is 0 Å². The Bertz CT molecular complexity index is 434. The standard InChI is InChI=1S/C12H7ClF/c13-10-7-5-9(6-8-10)11-3-1-2-4-12(11)14/h1,3-8H. The van der Waals surface area contributed by atoms with Gasteiger partial charge in [-0.25, -0.2) is 4.39 Å². The van der Waals surface area contributed by atoms with Crippen LogP contribution in [0.15, 0.2) is 42.5 Å². The van der Waals surface area contributed by atoms with Crippen LogP contribution in [0.2, 0.25) is 5.02 Å². The molecule has 0 amide bonds. The zero-order valence-electron chi connectivity index (χ0n) is 7.30. The van der Waals surface area contributed by atoms with Crippen molar-refractivity contribution in [3.8, 4) is 11.1 Å². The number of hydrogen-bond donors (Lipinski definition) is 0. The molecule has 14 heavy (non-hydrogen) atoms. The van der Waals surface area contributed by atoms with Crippen LogP contribution in [0.25, 0.3) is 11.1 Å². The molecule has 0 aromatic heterocycles. The van der Waals surface area contributed by atoms with Crippen LogP contribution in [0.3, 0.4) is 0 Å². The molecular formula is C12H7ClF. The molecule has 0 atom stereocenters. The van der Waals surface area contributed by atoms with E-state index in [9.17, 15) is 4.39 Å². The predicted octanol–water partition coefficient (Wildman–Crippen LogP) is 3.95. The monoisotopic (exact) mass is 205 g/mol. The maximum Gasteiger partial charge on any atom is 0.131 e. The molecule has 69 valence electrons. The summed E-state index contributed by atoms with van der Waals surface area (Å²) >= 11 is 5.74. The molecule has 2 aromatic carbocycles. The normalized spacial score (nSPS) is 10.1. The first-order chi connectivity index (χ1) is 6.77. The Hall–Kier alpha value is -1.34. The van der Waals surface area contributed by atoms with Gasteiger partial charge in [0.05, 0.1) is 0 Å². The molecule has 2 heteroatoms. The number of rotatable bonds is 1. The highest BCUT2D eigenvalue weighted by Gasteiger charge is 2.02. The largest absolute Gasteiger partial charge is 0.206 e. The van der Waals surface area contributed by atoms with Crippen molar-refractivity contribution in [1.29, 1.82) is 0 Å². The summed E-state index contributed by atoms with van der Waals surface area (Å²) in [6, 6.07) is 14.5. The molecule has 0 fully saturated rings. The molecule has 0 saturated carbocycles. The maximum absolute atomic E-state index is 13.3. The third-order valence-electron chi connectivity index (χ3n) is 1.97. The Labute approximate surface area is 87.0 Å². The number of halogens is 2. The van der Waals surface area contributed by atoms with E-state index in [2.05, 4.69) is 6.07 Å². The van der Waals surface area contributed by atoms with Gasteiger partial charge in [-0.1, -0.05) is 35.9 Å². The average Bonchev–Trinajstić information content (AvgIpc) is 2.20. The lowest BCUT2D eigenvalue weighted by molar-refractivity contribution is 0.631. The fraction of sp³-hybridized carbons (Fsp3) is 0. The van der Waals surface area contributed by atoms with Crippen LogP contribution in [-0.2, 0) is 0 Å². The average molecular weight is 206 g/mol. The molecule has 0 saturated heterocycles. The zero-order chi connectivity index (χ0) is 9.97. The van der Waals surface area contributed by atoms with Gasteiger partial charge in [0.15, 0.2) is 0 Å². The lowest BCUT2D eigenvalue weighted by atomic mass is 10.1. The van der Waals surface area contributed by atoms with Crippen LogP contribution in [0.5, 0.6) is 0 Å². The van der Waals surface area contributed by atoms with Crippen LogP contribution in [0.4, 0.5) is 4.39 Å². The lowest BCUT2D eigenvalue weighted by Gasteiger charge is -2.02. The first-order valence-electron chi connectivity index (χ1n) is 4.19. The van der Waals surface area contributed by atoms with E-state index in [0.717, 1.165) is 5.56 Å². The highest BCUT2D eigenvalue weighted by atomic mass is 35.5. The molecule has 0 spiro atoms. The summed E-state index contributed by atoms with van der Waals surface area (Å²) in [6.45, 7) is 0. The van der Waals surface area contributed by atoms with Crippen molar-refractivity contribution in [3.05, 3.63) is 59.4 Å². The highest BCUT2D eigenvalue weighted by molar-refractivity contribution is 6.30. The van der Waals surface area contributed by atoms with Gasteiger partial charge in [0.2, 0.25) is 0 Å². The minimum atomic E-state index is -0.269. The fourth-order valence-electron chi connectivity index (χ4n) is 1.27. The first kappa shape index (κ1) is 9.22. The summed E-state index contributed by atoms with van der Waals surface area (Å²) in [4.78, 5) is 0. The molecule has 0 bridgehead atoms. The van der Waals surface area contributed by atoms with Crippen LogP contribution >= 0.6 is 11.6 Å². The second-order valence-electron chi connectivity index (χ2n) is 2.91. The van der Waals surface area contributed by atoms with E-state index in [4.69, 9.17) is 11.6 Å². The predicted molar refractivity (Wildman–Crippen MR) is 55.7 cm³/mol. The number of benzene rings is 2. The zero-order valence-corrected chi connectivity index (χ0v) is 8.05. The van der Waals surface area contributed by atoms with Gasteiger partial charge in [0.1, 0.15) is 5.82 Å². The van der Waals surface area contributed by atoms with Crippen molar-refractivity contribution in [2.75, 3.05) is 0 Å². The summed E-state index contributed by atoms with van der Waals surface area (Å²) in [5.41, 5.74) is 1.39. The van der Waals surface area contributed by atoms with E-state index < -0.39 is 0 Å². The van der Waals surface area contributed by atoms with Crippen molar-refractivity contribution in [2.45, 2.75) is 0 Å². The van der Waals surface area contributed by atoms with Gasteiger partial charge in [-0.15, -0.1) is 0 Å². The third kappa shape index (κ3) is 1.78. The molecule has 1 radical (unpaired) electrons. The van der Waals surface area contributed by atoms with Crippen LogP contribution in [-0.4, -0.2) is 0 Å². The van der Waals surface area contributed by atoms with Crippen molar-refractivity contribution >= 4 is 11.6 Å². The summed E-state index contributed by atoms with van der Waals surface area (Å²) in [6.07, 6.45) is 0. The molecule has 0 nitrogen and oxygen atoms in total. The van der Waals surface area contributed by atoms with Gasteiger partial charge in [-0.05, 0) is 29.8 Å². The molecule has 0 aliphatic rings.